The molecule has 0 bridgehead atoms. The SMILES string of the molecule is Cc1cc(C)c(CNC(=O)c2cc(Cl)c3c(c2Cl)O[C@H]([C@H]2CC[C@H](N(C)C)CC2)CO3)c(=O)[nH]1. The quantitative estimate of drug-likeness (QED) is 0.622. The summed E-state index contributed by atoms with van der Waals surface area (Å²) < 4.78 is 12.2. The van der Waals surface area contributed by atoms with Gasteiger partial charge >= 0.3 is 0 Å². The van der Waals surface area contributed by atoms with Crippen LogP contribution in [0.2, 0.25) is 10.0 Å². The zero-order chi connectivity index (χ0) is 24.6. The number of H-pyrrole nitrogens is 1. The van der Waals surface area contributed by atoms with Gasteiger partial charge in [0.1, 0.15) is 12.7 Å². The topological polar surface area (TPSA) is 83.7 Å². The zero-order valence-corrected chi connectivity index (χ0v) is 21.5. The molecule has 34 heavy (non-hydrogen) atoms. The minimum absolute atomic E-state index is 0.0699. The molecule has 1 saturated carbocycles. The summed E-state index contributed by atoms with van der Waals surface area (Å²) >= 11 is 13.1. The highest BCUT2D eigenvalue weighted by Crippen LogP contribution is 2.47. The van der Waals surface area contributed by atoms with E-state index in [4.69, 9.17) is 32.7 Å². The number of carbonyl (C=O) groups excluding carboxylic acids is 1. The van der Waals surface area contributed by atoms with Crippen molar-refractivity contribution < 1.29 is 14.3 Å². The highest BCUT2D eigenvalue weighted by Gasteiger charge is 2.35. The van der Waals surface area contributed by atoms with E-state index in [1.54, 1.807) is 0 Å². The van der Waals surface area contributed by atoms with E-state index in [0.29, 0.717) is 35.6 Å². The van der Waals surface area contributed by atoms with Crippen molar-refractivity contribution in [3.05, 3.63) is 54.9 Å². The lowest BCUT2D eigenvalue weighted by atomic mass is 9.82. The summed E-state index contributed by atoms with van der Waals surface area (Å²) in [7, 11) is 4.23. The van der Waals surface area contributed by atoms with Gasteiger partial charge in [-0.2, -0.15) is 0 Å². The van der Waals surface area contributed by atoms with Gasteiger partial charge in [-0.3, -0.25) is 9.59 Å². The number of hydrogen-bond donors (Lipinski definition) is 2. The van der Waals surface area contributed by atoms with Crippen molar-refractivity contribution in [1.82, 2.24) is 15.2 Å². The lowest BCUT2D eigenvalue weighted by Crippen LogP contribution is -2.41. The van der Waals surface area contributed by atoms with Crippen molar-refractivity contribution >= 4 is 29.1 Å². The predicted octanol–water partition coefficient (Wildman–Crippen LogP) is 4.49. The van der Waals surface area contributed by atoms with Crippen molar-refractivity contribution in [2.45, 2.75) is 58.2 Å². The van der Waals surface area contributed by atoms with E-state index in [2.05, 4.69) is 29.3 Å². The highest BCUT2D eigenvalue weighted by atomic mass is 35.5. The summed E-state index contributed by atoms with van der Waals surface area (Å²) in [5.74, 6) is 0.598. The van der Waals surface area contributed by atoms with E-state index in [0.717, 1.165) is 36.9 Å². The Morgan fingerprint density at radius 1 is 1.15 bits per heavy atom. The number of aromatic nitrogens is 1. The second-order valence-corrected chi connectivity index (χ2v) is 10.3. The second kappa shape index (κ2) is 10.2. The number of ether oxygens (including phenoxy) is 2. The van der Waals surface area contributed by atoms with Crippen LogP contribution < -0.4 is 20.3 Å². The zero-order valence-electron chi connectivity index (χ0n) is 20.0. The maximum Gasteiger partial charge on any atom is 0.253 e. The average molecular weight is 508 g/mol. The molecule has 1 fully saturated rings. The number of fused-ring (bicyclic) bond motifs is 1. The first kappa shape index (κ1) is 24.9. The van der Waals surface area contributed by atoms with Gasteiger partial charge in [0.05, 0.1) is 15.6 Å². The number of hydrogen-bond acceptors (Lipinski definition) is 5. The van der Waals surface area contributed by atoms with Crippen molar-refractivity contribution in [2.75, 3.05) is 20.7 Å². The molecule has 9 heteroatoms. The predicted molar refractivity (Wildman–Crippen MR) is 134 cm³/mol. The van der Waals surface area contributed by atoms with Crippen LogP contribution in [0, 0.1) is 19.8 Å². The van der Waals surface area contributed by atoms with Crippen LogP contribution in [0.5, 0.6) is 11.5 Å². The number of halogens is 2. The molecule has 4 rings (SSSR count). The van der Waals surface area contributed by atoms with Gasteiger partial charge in [0.15, 0.2) is 11.5 Å². The number of nitrogens with one attached hydrogen (secondary N) is 2. The molecule has 1 atom stereocenters. The number of amides is 1. The van der Waals surface area contributed by atoms with Gasteiger partial charge in [0.2, 0.25) is 0 Å². The summed E-state index contributed by atoms with van der Waals surface area (Å²) in [5.41, 5.74) is 2.03. The third-order valence-corrected chi connectivity index (χ3v) is 7.61. The number of aromatic amines is 1. The molecule has 1 aromatic heterocycles. The molecule has 0 unspecified atom stereocenters. The van der Waals surface area contributed by atoms with E-state index in [9.17, 15) is 9.59 Å². The molecule has 1 aliphatic carbocycles. The fourth-order valence-corrected chi connectivity index (χ4v) is 5.45. The second-order valence-electron chi connectivity index (χ2n) is 9.50. The maximum atomic E-state index is 13.0. The van der Waals surface area contributed by atoms with Crippen molar-refractivity contribution in [3.63, 3.8) is 0 Å². The van der Waals surface area contributed by atoms with E-state index in [1.807, 2.05) is 19.9 Å². The number of benzene rings is 1. The standard InChI is InChI=1S/C25H31Cl2N3O4/c1-13-9-14(2)29-25(32)18(13)11-28-24(31)17-10-19(26)22-23(21(17)27)34-20(12-33-22)15-5-7-16(8-6-15)30(3)4/h9-10,15-16,20H,5-8,11-12H2,1-4H3,(H,28,31)(H,29,32)/t15-,16-,20-/m0/s1. The lowest BCUT2D eigenvalue weighted by Gasteiger charge is -2.38. The normalized spacial score (nSPS) is 22.0. The number of carbonyl (C=O) groups is 1. The monoisotopic (exact) mass is 507 g/mol. The Morgan fingerprint density at radius 2 is 1.85 bits per heavy atom. The van der Waals surface area contributed by atoms with Gasteiger partial charge in [-0.1, -0.05) is 23.2 Å². The Bertz CT molecular complexity index is 1140. The smallest absolute Gasteiger partial charge is 0.253 e. The van der Waals surface area contributed by atoms with Crippen molar-refractivity contribution in [2.24, 2.45) is 5.92 Å². The van der Waals surface area contributed by atoms with Crippen LogP contribution in [0.25, 0.3) is 0 Å². The number of aryl methyl sites for hydroxylation is 2. The first-order chi connectivity index (χ1) is 16.2. The molecular weight excluding hydrogens is 477 g/mol. The highest BCUT2D eigenvalue weighted by molar-refractivity contribution is 6.38. The van der Waals surface area contributed by atoms with Crippen LogP contribution in [0.4, 0.5) is 0 Å². The average Bonchev–Trinajstić information content (AvgIpc) is 2.80. The van der Waals surface area contributed by atoms with Crippen LogP contribution in [-0.2, 0) is 6.54 Å². The van der Waals surface area contributed by atoms with E-state index < -0.39 is 5.91 Å². The van der Waals surface area contributed by atoms with Gasteiger partial charge in [0.25, 0.3) is 11.5 Å². The van der Waals surface area contributed by atoms with E-state index >= 15 is 0 Å². The van der Waals surface area contributed by atoms with Crippen molar-refractivity contribution in [3.8, 4) is 11.5 Å². The summed E-state index contributed by atoms with van der Waals surface area (Å²) in [6.45, 7) is 4.13. The Balaban J connectivity index is 1.50. The first-order valence-corrected chi connectivity index (χ1v) is 12.4. The number of rotatable bonds is 5. The molecule has 0 saturated heterocycles. The fourth-order valence-electron chi connectivity index (χ4n) is 4.93. The number of pyridine rings is 1. The molecule has 184 valence electrons. The van der Waals surface area contributed by atoms with Crippen LogP contribution in [0.15, 0.2) is 16.9 Å². The Morgan fingerprint density at radius 3 is 2.50 bits per heavy atom. The van der Waals surface area contributed by atoms with Gasteiger partial charge in [0, 0.05) is 23.8 Å². The Hall–Kier alpha value is -2.22. The fraction of sp³-hybridized carbons (Fsp3) is 0.520. The third-order valence-electron chi connectivity index (χ3n) is 6.95. The van der Waals surface area contributed by atoms with E-state index in [1.165, 1.54) is 6.07 Å². The molecule has 2 heterocycles. The van der Waals surface area contributed by atoms with Crippen molar-refractivity contribution in [1.29, 1.82) is 0 Å². The number of nitrogens with zero attached hydrogens (tertiary/aromatic N) is 1. The Labute approximate surface area is 209 Å². The molecule has 0 spiro atoms. The van der Waals surface area contributed by atoms with Crippen LogP contribution in [0.1, 0.15) is 52.9 Å². The van der Waals surface area contributed by atoms with E-state index in [-0.39, 0.29) is 33.8 Å². The minimum Gasteiger partial charge on any atom is -0.484 e. The van der Waals surface area contributed by atoms with Gasteiger partial charge < -0.3 is 24.7 Å². The summed E-state index contributed by atoms with van der Waals surface area (Å²) in [5, 5.41) is 3.21. The molecule has 7 nitrogen and oxygen atoms in total. The first-order valence-electron chi connectivity index (χ1n) is 11.6. The molecule has 0 radical (unpaired) electrons. The maximum absolute atomic E-state index is 13.0. The van der Waals surface area contributed by atoms with Crippen LogP contribution in [0.3, 0.4) is 0 Å². The molecule has 1 amide bonds. The lowest BCUT2D eigenvalue weighted by molar-refractivity contribution is 0.0246. The molecule has 2 aliphatic rings. The van der Waals surface area contributed by atoms with Gasteiger partial charge in [-0.15, -0.1) is 0 Å². The molecule has 1 aliphatic heterocycles. The third kappa shape index (κ3) is 5.07. The Kier molecular flexibility index (Phi) is 7.45. The summed E-state index contributed by atoms with van der Waals surface area (Å²) in [4.78, 5) is 30.3. The summed E-state index contributed by atoms with van der Waals surface area (Å²) in [6, 6.07) is 3.94. The molecule has 1 aromatic carbocycles. The van der Waals surface area contributed by atoms with Crippen LogP contribution >= 0.6 is 23.2 Å². The minimum atomic E-state index is -0.439. The molecule has 2 N–H and O–H groups in total. The molecular formula is C25H31Cl2N3O4. The summed E-state index contributed by atoms with van der Waals surface area (Å²) in [6.07, 6.45) is 4.17. The molecule has 2 aromatic rings. The van der Waals surface area contributed by atoms with Gasteiger partial charge in [-0.05, 0) is 77.2 Å². The van der Waals surface area contributed by atoms with Crippen LogP contribution in [-0.4, -0.2) is 48.6 Å². The van der Waals surface area contributed by atoms with Gasteiger partial charge in [-0.25, -0.2) is 0 Å². The largest absolute Gasteiger partial charge is 0.484 e.